The summed E-state index contributed by atoms with van der Waals surface area (Å²) in [5, 5.41) is 7.21. The van der Waals surface area contributed by atoms with E-state index in [-0.39, 0.29) is 28.3 Å². The first-order valence-corrected chi connectivity index (χ1v) is 10.2. The summed E-state index contributed by atoms with van der Waals surface area (Å²) in [6, 6.07) is 11.7. The number of anilines is 3. The Bertz CT molecular complexity index is 1260. The van der Waals surface area contributed by atoms with Crippen molar-refractivity contribution >= 4 is 46.5 Å². The van der Waals surface area contributed by atoms with Crippen molar-refractivity contribution in [2.24, 2.45) is 0 Å². The zero-order chi connectivity index (χ0) is 25.0. The van der Waals surface area contributed by atoms with Gasteiger partial charge in [0.05, 0.1) is 27.5 Å². The average molecular weight is 491 g/mol. The number of amides is 3. The summed E-state index contributed by atoms with van der Waals surface area (Å²) in [4.78, 5) is 41.2. The van der Waals surface area contributed by atoms with Gasteiger partial charge in [0.2, 0.25) is 0 Å². The topological polar surface area (TPSA) is 100 Å². The second-order valence-electron chi connectivity index (χ2n) is 7.32. The molecule has 7 nitrogen and oxygen atoms in total. The Balaban J connectivity index is 1.89. The van der Waals surface area contributed by atoms with Gasteiger partial charge in [-0.1, -0.05) is 29.3 Å². The predicted molar refractivity (Wildman–Crippen MR) is 122 cm³/mol. The lowest BCUT2D eigenvalue weighted by Crippen LogP contribution is -2.31. The van der Waals surface area contributed by atoms with Crippen LogP contribution < -0.4 is 16.0 Å². The number of alkyl halides is 3. The molecule has 0 saturated heterocycles. The van der Waals surface area contributed by atoms with Crippen LogP contribution in [0.25, 0.3) is 0 Å². The zero-order valence-corrected chi connectivity index (χ0v) is 18.6. The molecule has 3 N–H and O–H groups in total. The summed E-state index contributed by atoms with van der Waals surface area (Å²) in [6.45, 7) is 3.34. The van der Waals surface area contributed by atoms with Crippen LogP contribution in [0.2, 0.25) is 5.02 Å². The molecule has 0 radical (unpaired) electrons. The van der Waals surface area contributed by atoms with Gasteiger partial charge in [0, 0.05) is 6.20 Å². The molecule has 0 saturated carbocycles. The van der Waals surface area contributed by atoms with Crippen molar-refractivity contribution < 1.29 is 27.6 Å². The van der Waals surface area contributed by atoms with E-state index in [1.54, 1.807) is 25.2 Å². The Hall–Kier alpha value is -3.92. The van der Waals surface area contributed by atoms with Crippen LogP contribution >= 0.6 is 11.6 Å². The fourth-order valence-corrected chi connectivity index (χ4v) is 3.04. The van der Waals surface area contributed by atoms with Crippen molar-refractivity contribution in [3.63, 3.8) is 0 Å². The standard InChI is InChI=1S/C23H18ClF3N4O3/c1-12-4-7-17(16(9-12)21(33)31-19-8-5-14(24)11-28-19)29-20(32)15-6-3-13(2)10-18(15)30-22(34)23(25,26)27/h3-11H,1-2H3,(H,29,32)(H,30,34)(H,28,31,33). The number of nitrogens with zero attached hydrogens (tertiary/aromatic N) is 1. The molecule has 1 heterocycles. The van der Waals surface area contributed by atoms with Crippen molar-refractivity contribution in [2.75, 3.05) is 16.0 Å². The van der Waals surface area contributed by atoms with Crippen molar-refractivity contribution in [2.45, 2.75) is 20.0 Å². The Morgan fingerprint density at radius 2 is 1.44 bits per heavy atom. The van der Waals surface area contributed by atoms with E-state index < -0.39 is 23.9 Å². The number of halogens is 4. The monoisotopic (exact) mass is 490 g/mol. The lowest BCUT2D eigenvalue weighted by Gasteiger charge is -2.15. The van der Waals surface area contributed by atoms with Crippen LogP contribution in [0.1, 0.15) is 31.8 Å². The summed E-state index contributed by atoms with van der Waals surface area (Å²) in [7, 11) is 0. The van der Waals surface area contributed by atoms with Gasteiger partial charge in [-0.2, -0.15) is 13.2 Å². The van der Waals surface area contributed by atoms with E-state index in [1.165, 1.54) is 48.7 Å². The molecular weight excluding hydrogens is 473 g/mol. The molecule has 0 fully saturated rings. The largest absolute Gasteiger partial charge is 0.471 e. The lowest BCUT2D eigenvalue weighted by molar-refractivity contribution is -0.167. The minimum atomic E-state index is -5.13. The summed E-state index contributed by atoms with van der Waals surface area (Å²) < 4.78 is 38.2. The molecule has 3 amide bonds. The van der Waals surface area contributed by atoms with Gasteiger partial charge in [-0.3, -0.25) is 14.4 Å². The van der Waals surface area contributed by atoms with Crippen LogP contribution in [-0.2, 0) is 4.79 Å². The maximum absolute atomic E-state index is 12.9. The highest BCUT2D eigenvalue weighted by atomic mass is 35.5. The normalized spacial score (nSPS) is 11.0. The molecule has 0 aliphatic heterocycles. The molecule has 3 rings (SSSR count). The summed E-state index contributed by atoms with van der Waals surface area (Å²) in [6.07, 6.45) is -3.78. The number of hydrogen-bond acceptors (Lipinski definition) is 4. The average Bonchev–Trinajstić information content (AvgIpc) is 2.76. The Kier molecular flexibility index (Phi) is 7.21. The third-order valence-electron chi connectivity index (χ3n) is 4.56. The predicted octanol–water partition coefficient (Wildman–Crippen LogP) is 5.36. The minimum Gasteiger partial charge on any atom is -0.321 e. The third-order valence-corrected chi connectivity index (χ3v) is 4.79. The molecule has 176 valence electrons. The zero-order valence-electron chi connectivity index (χ0n) is 17.9. The van der Waals surface area contributed by atoms with Gasteiger partial charge >= 0.3 is 12.1 Å². The second kappa shape index (κ2) is 9.92. The molecule has 34 heavy (non-hydrogen) atoms. The highest BCUT2D eigenvalue weighted by Crippen LogP contribution is 2.25. The molecule has 0 unspecified atom stereocenters. The Morgan fingerprint density at radius 1 is 0.794 bits per heavy atom. The van der Waals surface area contributed by atoms with Crippen LogP contribution in [0.4, 0.5) is 30.4 Å². The molecule has 2 aromatic carbocycles. The van der Waals surface area contributed by atoms with E-state index in [9.17, 15) is 27.6 Å². The first-order chi connectivity index (χ1) is 15.9. The van der Waals surface area contributed by atoms with Gasteiger partial charge in [-0.05, 0) is 55.8 Å². The smallest absolute Gasteiger partial charge is 0.321 e. The summed E-state index contributed by atoms with van der Waals surface area (Å²) >= 11 is 5.79. The van der Waals surface area contributed by atoms with E-state index in [2.05, 4.69) is 15.6 Å². The van der Waals surface area contributed by atoms with E-state index in [4.69, 9.17) is 11.6 Å². The van der Waals surface area contributed by atoms with Crippen LogP contribution in [-0.4, -0.2) is 28.9 Å². The Labute approximate surface area is 197 Å². The third kappa shape index (κ3) is 6.10. The van der Waals surface area contributed by atoms with Crippen molar-refractivity contribution in [1.29, 1.82) is 0 Å². The quantitative estimate of drug-likeness (QED) is 0.448. The van der Waals surface area contributed by atoms with E-state index in [0.29, 0.717) is 10.6 Å². The van der Waals surface area contributed by atoms with Gasteiger partial charge < -0.3 is 16.0 Å². The molecule has 0 aliphatic rings. The van der Waals surface area contributed by atoms with E-state index in [1.807, 2.05) is 0 Å². The van der Waals surface area contributed by atoms with E-state index >= 15 is 0 Å². The van der Waals surface area contributed by atoms with Gasteiger partial charge in [-0.25, -0.2) is 4.98 Å². The maximum Gasteiger partial charge on any atom is 0.471 e. The van der Waals surface area contributed by atoms with Gasteiger partial charge in [-0.15, -0.1) is 0 Å². The molecular formula is C23H18ClF3N4O3. The number of benzene rings is 2. The number of rotatable bonds is 5. The van der Waals surface area contributed by atoms with Crippen LogP contribution in [0.15, 0.2) is 54.7 Å². The summed E-state index contributed by atoms with van der Waals surface area (Å²) in [5.41, 5.74) is 0.923. The van der Waals surface area contributed by atoms with Crippen LogP contribution in [0.3, 0.4) is 0 Å². The number of carbonyl (C=O) groups is 3. The van der Waals surface area contributed by atoms with Gasteiger partial charge in [0.15, 0.2) is 0 Å². The van der Waals surface area contributed by atoms with Crippen LogP contribution in [0.5, 0.6) is 0 Å². The highest BCUT2D eigenvalue weighted by molar-refractivity contribution is 6.30. The molecule has 1 aromatic heterocycles. The van der Waals surface area contributed by atoms with Gasteiger partial charge in [0.25, 0.3) is 11.8 Å². The van der Waals surface area contributed by atoms with Gasteiger partial charge in [0.1, 0.15) is 5.82 Å². The molecule has 0 atom stereocenters. The van der Waals surface area contributed by atoms with Crippen molar-refractivity contribution in [3.05, 3.63) is 82.0 Å². The Morgan fingerprint density at radius 3 is 2.09 bits per heavy atom. The molecule has 3 aromatic rings. The lowest BCUT2D eigenvalue weighted by atomic mass is 10.1. The first kappa shape index (κ1) is 24.7. The maximum atomic E-state index is 12.9. The SMILES string of the molecule is Cc1ccc(C(=O)Nc2ccc(C)cc2C(=O)Nc2ccc(Cl)cn2)c(NC(=O)C(F)(F)F)c1. The van der Waals surface area contributed by atoms with Crippen molar-refractivity contribution in [1.82, 2.24) is 4.98 Å². The molecule has 0 spiro atoms. The number of hydrogen-bond donors (Lipinski definition) is 3. The van der Waals surface area contributed by atoms with Crippen LogP contribution in [0, 0.1) is 13.8 Å². The molecule has 0 bridgehead atoms. The van der Waals surface area contributed by atoms with E-state index in [0.717, 1.165) is 5.56 Å². The second-order valence-corrected chi connectivity index (χ2v) is 7.76. The minimum absolute atomic E-state index is 0.0955. The number of nitrogens with one attached hydrogen (secondary N) is 3. The fourth-order valence-electron chi connectivity index (χ4n) is 2.93. The highest BCUT2D eigenvalue weighted by Gasteiger charge is 2.39. The summed E-state index contributed by atoms with van der Waals surface area (Å²) in [5.74, 6) is -3.38. The molecule has 0 aliphatic carbocycles. The number of carbonyl (C=O) groups excluding carboxylic acids is 3. The number of pyridine rings is 1. The van der Waals surface area contributed by atoms with Crippen molar-refractivity contribution in [3.8, 4) is 0 Å². The molecule has 11 heteroatoms. The number of aryl methyl sites for hydroxylation is 2. The fraction of sp³-hybridized carbons (Fsp3) is 0.130. The number of aromatic nitrogens is 1. The first-order valence-electron chi connectivity index (χ1n) is 9.78.